The molecule has 2 unspecified atom stereocenters. The van der Waals surface area contributed by atoms with Crippen LogP contribution in [0.5, 0.6) is 0 Å². The Hall–Kier alpha value is -0.190. The van der Waals surface area contributed by atoms with Crippen molar-refractivity contribution in [1.29, 1.82) is 0 Å². The predicted octanol–water partition coefficient (Wildman–Crippen LogP) is 0.772. The van der Waals surface area contributed by atoms with Gasteiger partial charge in [0.2, 0.25) is 0 Å². The van der Waals surface area contributed by atoms with E-state index in [1.807, 2.05) is 0 Å². The number of ether oxygens (including phenoxy) is 1. The second-order valence-corrected chi connectivity index (χ2v) is 4.07. The average Bonchev–Trinajstić information content (AvgIpc) is 2.52. The lowest BCUT2D eigenvalue weighted by Gasteiger charge is -2.29. The van der Waals surface area contributed by atoms with E-state index in [4.69, 9.17) is 22.7 Å². The van der Waals surface area contributed by atoms with Crippen LogP contribution in [-0.4, -0.2) is 42.2 Å². The van der Waals surface area contributed by atoms with E-state index in [0.717, 1.165) is 19.6 Å². The maximum Gasteiger partial charge on any atom is 0.0902 e. The minimum atomic E-state index is 0.292. The van der Waals surface area contributed by atoms with Crippen molar-refractivity contribution in [2.45, 2.75) is 31.8 Å². The number of nitrogens with zero attached hydrogens (tertiary/aromatic N) is 1. The van der Waals surface area contributed by atoms with E-state index in [0.29, 0.717) is 17.1 Å². The lowest BCUT2D eigenvalue weighted by Crippen LogP contribution is -2.45. The smallest absolute Gasteiger partial charge is 0.0902 e. The van der Waals surface area contributed by atoms with Crippen molar-refractivity contribution in [1.82, 2.24) is 4.90 Å². The van der Waals surface area contributed by atoms with Crippen LogP contribution in [0.3, 0.4) is 0 Å². The Morgan fingerprint density at radius 2 is 2.46 bits per heavy atom. The topological polar surface area (TPSA) is 38.5 Å². The van der Waals surface area contributed by atoms with Gasteiger partial charge in [-0.15, -0.1) is 0 Å². The summed E-state index contributed by atoms with van der Waals surface area (Å²) in [6.45, 7) is 3.99. The summed E-state index contributed by atoms with van der Waals surface area (Å²) in [7, 11) is 1.72. The lowest BCUT2D eigenvalue weighted by atomic mass is 10.2. The third-order valence-corrected chi connectivity index (χ3v) is 2.87. The molecule has 76 valence electrons. The molecule has 1 saturated heterocycles. The van der Waals surface area contributed by atoms with Gasteiger partial charge in [0, 0.05) is 13.2 Å². The Balaban J connectivity index is 2.52. The minimum Gasteiger partial charge on any atom is -0.392 e. The van der Waals surface area contributed by atoms with Gasteiger partial charge in [-0.1, -0.05) is 12.2 Å². The fourth-order valence-electron chi connectivity index (χ4n) is 1.96. The highest BCUT2D eigenvalue weighted by Crippen LogP contribution is 2.20. The molecular formula is C9H18N2OS. The van der Waals surface area contributed by atoms with Gasteiger partial charge in [-0.3, -0.25) is 4.90 Å². The fourth-order valence-corrected chi connectivity index (χ4v) is 2.21. The SMILES string of the molecule is COCC(C)N1CCCC1C(N)=S. The summed E-state index contributed by atoms with van der Waals surface area (Å²) < 4.78 is 5.12. The van der Waals surface area contributed by atoms with Crippen LogP contribution in [0.4, 0.5) is 0 Å². The summed E-state index contributed by atoms with van der Waals surface area (Å²) in [5.74, 6) is 0. The van der Waals surface area contributed by atoms with Gasteiger partial charge in [-0.25, -0.2) is 0 Å². The molecule has 1 heterocycles. The zero-order valence-electron chi connectivity index (χ0n) is 8.32. The molecule has 2 atom stereocenters. The van der Waals surface area contributed by atoms with Crippen molar-refractivity contribution in [3.8, 4) is 0 Å². The summed E-state index contributed by atoms with van der Waals surface area (Å²) in [5, 5.41) is 0. The van der Waals surface area contributed by atoms with Crippen molar-refractivity contribution >= 4 is 17.2 Å². The van der Waals surface area contributed by atoms with Gasteiger partial charge < -0.3 is 10.5 Å². The van der Waals surface area contributed by atoms with Gasteiger partial charge in [0.1, 0.15) is 0 Å². The van der Waals surface area contributed by atoms with Gasteiger partial charge in [-0.05, 0) is 26.3 Å². The van der Waals surface area contributed by atoms with E-state index in [1.54, 1.807) is 7.11 Å². The average molecular weight is 202 g/mol. The molecule has 0 saturated carbocycles. The minimum absolute atomic E-state index is 0.292. The molecule has 0 aromatic carbocycles. The van der Waals surface area contributed by atoms with Crippen LogP contribution in [0, 0.1) is 0 Å². The maximum atomic E-state index is 5.67. The molecule has 4 heteroatoms. The van der Waals surface area contributed by atoms with Crippen molar-refractivity contribution in [2.75, 3.05) is 20.3 Å². The van der Waals surface area contributed by atoms with E-state index >= 15 is 0 Å². The summed E-state index contributed by atoms with van der Waals surface area (Å²) in [4.78, 5) is 2.96. The number of rotatable bonds is 4. The van der Waals surface area contributed by atoms with Gasteiger partial charge in [-0.2, -0.15) is 0 Å². The first-order valence-corrected chi connectivity index (χ1v) is 5.11. The van der Waals surface area contributed by atoms with Crippen LogP contribution in [0.25, 0.3) is 0 Å². The molecule has 0 bridgehead atoms. The Kier molecular flexibility index (Phi) is 4.09. The van der Waals surface area contributed by atoms with Crippen LogP contribution in [0.15, 0.2) is 0 Å². The first-order chi connectivity index (χ1) is 6.16. The molecule has 3 nitrogen and oxygen atoms in total. The molecule has 1 aliphatic heterocycles. The van der Waals surface area contributed by atoms with Gasteiger partial charge >= 0.3 is 0 Å². The first-order valence-electron chi connectivity index (χ1n) is 4.70. The molecule has 1 rings (SSSR count). The fraction of sp³-hybridized carbons (Fsp3) is 0.889. The molecule has 13 heavy (non-hydrogen) atoms. The molecule has 0 spiro atoms. The summed E-state index contributed by atoms with van der Waals surface area (Å²) in [6.07, 6.45) is 2.29. The highest BCUT2D eigenvalue weighted by atomic mass is 32.1. The van der Waals surface area contributed by atoms with E-state index < -0.39 is 0 Å². The Bertz CT molecular complexity index is 186. The van der Waals surface area contributed by atoms with E-state index in [1.165, 1.54) is 6.42 Å². The Labute approximate surface area is 85.2 Å². The van der Waals surface area contributed by atoms with Crippen molar-refractivity contribution < 1.29 is 4.74 Å². The van der Waals surface area contributed by atoms with Crippen LogP contribution in [0.2, 0.25) is 0 Å². The molecule has 0 aromatic heterocycles. The van der Waals surface area contributed by atoms with Crippen LogP contribution in [0.1, 0.15) is 19.8 Å². The number of nitrogens with two attached hydrogens (primary N) is 1. The van der Waals surface area contributed by atoms with Gasteiger partial charge in [0.05, 0.1) is 17.6 Å². The monoisotopic (exact) mass is 202 g/mol. The zero-order chi connectivity index (χ0) is 9.84. The Morgan fingerprint density at radius 1 is 1.77 bits per heavy atom. The quantitative estimate of drug-likeness (QED) is 0.684. The summed E-state index contributed by atoms with van der Waals surface area (Å²) >= 11 is 5.03. The molecule has 0 aliphatic carbocycles. The van der Waals surface area contributed by atoms with Gasteiger partial charge in [0.15, 0.2) is 0 Å². The highest BCUT2D eigenvalue weighted by molar-refractivity contribution is 7.80. The Morgan fingerprint density at radius 3 is 3.00 bits per heavy atom. The van der Waals surface area contributed by atoms with E-state index in [2.05, 4.69) is 11.8 Å². The molecule has 2 N–H and O–H groups in total. The molecule has 1 aliphatic rings. The molecule has 0 amide bonds. The number of hydrogen-bond donors (Lipinski definition) is 1. The number of methoxy groups -OCH3 is 1. The largest absolute Gasteiger partial charge is 0.392 e. The molecule has 0 radical (unpaired) electrons. The van der Waals surface area contributed by atoms with E-state index in [-0.39, 0.29) is 0 Å². The maximum absolute atomic E-state index is 5.67. The second-order valence-electron chi connectivity index (χ2n) is 3.60. The summed E-state index contributed by atoms with van der Waals surface area (Å²) in [5.41, 5.74) is 5.67. The molecule has 0 aromatic rings. The van der Waals surface area contributed by atoms with Crippen molar-refractivity contribution in [3.63, 3.8) is 0 Å². The zero-order valence-corrected chi connectivity index (χ0v) is 9.14. The normalized spacial score (nSPS) is 26.2. The molecular weight excluding hydrogens is 184 g/mol. The third kappa shape index (κ3) is 2.62. The number of thiocarbonyl (C=S) groups is 1. The van der Waals surface area contributed by atoms with Crippen LogP contribution < -0.4 is 5.73 Å². The van der Waals surface area contributed by atoms with Crippen LogP contribution in [-0.2, 0) is 4.74 Å². The highest BCUT2D eigenvalue weighted by Gasteiger charge is 2.29. The summed E-state index contributed by atoms with van der Waals surface area (Å²) in [6, 6.07) is 0.708. The van der Waals surface area contributed by atoms with Crippen LogP contribution >= 0.6 is 12.2 Å². The third-order valence-electron chi connectivity index (χ3n) is 2.60. The van der Waals surface area contributed by atoms with Crippen molar-refractivity contribution in [2.24, 2.45) is 5.73 Å². The second kappa shape index (κ2) is 4.88. The first kappa shape index (κ1) is 10.9. The number of hydrogen-bond acceptors (Lipinski definition) is 3. The van der Waals surface area contributed by atoms with E-state index in [9.17, 15) is 0 Å². The standard InChI is InChI=1S/C9H18N2OS/c1-7(6-12-2)11-5-3-4-8(11)9(10)13/h7-8H,3-6H2,1-2H3,(H2,10,13). The lowest BCUT2D eigenvalue weighted by molar-refractivity contribution is 0.105. The van der Waals surface area contributed by atoms with Crippen molar-refractivity contribution in [3.05, 3.63) is 0 Å². The number of likely N-dealkylation sites (tertiary alicyclic amines) is 1. The van der Waals surface area contributed by atoms with Gasteiger partial charge in [0.25, 0.3) is 0 Å². The molecule has 1 fully saturated rings. The predicted molar refractivity (Wildman–Crippen MR) is 57.9 cm³/mol.